The fourth-order valence-electron chi connectivity index (χ4n) is 1.17. The highest BCUT2D eigenvalue weighted by Gasteiger charge is 2.15. The lowest BCUT2D eigenvalue weighted by Crippen LogP contribution is -2.12. The summed E-state index contributed by atoms with van der Waals surface area (Å²) in [5.41, 5.74) is 1.17. The molecule has 1 unspecified atom stereocenters. The second kappa shape index (κ2) is 4.96. The Hall–Kier alpha value is -0.320. The lowest BCUT2D eigenvalue weighted by atomic mass is 10.0. The maximum absolute atomic E-state index is 11.7. The van der Waals surface area contributed by atoms with Crippen molar-refractivity contribution in [1.82, 2.24) is 0 Å². The number of rotatable bonds is 3. The van der Waals surface area contributed by atoms with E-state index in [0.29, 0.717) is 11.1 Å². The van der Waals surface area contributed by atoms with E-state index in [4.69, 9.17) is 5.11 Å². The zero-order valence-corrected chi connectivity index (χ0v) is 10.2. The lowest BCUT2D eigenvalue weighted by molar-refractivity contribution is 0.0993. The molecule has 1 atom stereocenters. The normalized spacial score (nSPS) is 12.6. The monoisotopic (exact) mass is 274 g/mol. The number of ketones is 1. The first-order valence-electron chi connectivity index (χ1n) is 4.17. The fraction of sp³-hybridized carbons (Fsp3) is 0.300. The van der Waals surface area contributed by atoms with Crippen molar-refractivity contribution in [2.75, 3.05) is 0 Å². The molecule has 0 aliphatic carbocycles. The van der Waals surface area contributed by atoms with Gasteiger partial charge in [0.05, 0.1) is 11.4 Å². The number of aliphatic hydroxyl groups is 1. The molecule has 0 heterocycles. The van der Waals surface area contributed by atoms with Gasteiger partial charge in [-0.2, -0.15) is 0 Å². The summed E-state index contributed by atoms with van der Waals surface area (Å²) in [6.07, 6.45) is 0. The van der Waals surface area contributed by atoms with Gasteiger partial charge in [-0.3, -0.25) is 4.79 Å². The van der Waals surface area contributed by atoms with Crippen molar-refractivity contribution >= 4 is 34.3 Å². The van der Waals surface area contributed by atoms with Gasteiger partial charge < -0.3 is 5.11 Å². The Balaban J connectivity index is 3.14. The molecule has 0 aromatic heterocycles. The van der Waals surface area contributed by atoms with E-state index >= 15 is 0 Å². The Morgan fingerprint density at radius 2 is 2.29 bits per heavy atom. The molecule has 4 heteroatoms. The number of carbonyl (C=O) groups is 1. The van der Waals surface area contributed by atoms with Crippen molar-refractivity contribution in [2.45, 2.75) is 23.3 Å². The maximum atomic E-state index is 11.7. The van der Waals surface area contributed by atoms with Crippen molar-refractivity contribution < 1.29 is 9.90 Å². The Labute approximate surface area is 96.9 Å². The zero-order chi connectivity index (χ0) is 10.7. The molecule has 1 aromatic carbocycles. The van der Waals surface area contributed by atoms with Crippen LogP contribution in [0.25, 0.3) is 0 Å². The standard InChI is InChI=1S/C10H11BrO2S/c1-6(11)10(13)9-3-2-8(14)4-7(9)5-12/h2-4,6,12,14H,5H2,1H3. The van der Waals surface area contributed by atoms with Crippen LogP contribution in [0.2, 0.25) is 0 Å². The average Bonchev–Trinajstić information content (AvgIpc) is 2.16. The van der Waals surface area contributed by atoms with Crippen LogP contribution in [0.15, 0.2) is 23.1 Å². The number of Topliss-reactive ketones (excluding diaryl/α,β-unsaturated/α-hetero) is 1. The van der Waals surface area contributed by atoms with E-state index in [1.165, 1.54) is 0 Å². The minimum absolute atomic E-state index is 0.0256. The van der Waals surface area contributed by atoms with Crippen LogP contribution in [-0.4, -0.2) is 15.7 Å². The third-order valence-corrected chi connectivity index (χ3v) is 2.58. The molecule has 0 fully saturated rings. The van der Waals surface area contributed by atoms with Gasteiger partial charge in [-0.15, -0.1) is 12.6 Å². The van der Waals surface area contributed by atoms with E-state index in [9.17, 15) is 4.79 Å². The molecule has 2 nitrogen and oxygen atoms in total. The van der Waals surface area contributed by atoms with Gasteiger partial charge in [0.15, 0.2) is 5.78 Å². The summed E-state index contributed by atoms with van der Waals surface area (Å²) in [4.78, 5) is 12.2. The Morgan fingerprint density at radius 1 is 1.64 bits per heavy atom. The summed E-state index contributed by atoms with van der Waals surface area (Å²) in [5, 5.41) is 9.07. The molecule has 1 N–H and O–H groups in total. The quantitative estimate of drug-likeness (QED) is 0.505. The van der Waals surface area contributed by atoms with Crippen LogP contribution in [-0.2, 0) is 6.61 Å². The first-order valence-corrected chi connectivity index (χ1v) is 5.53. The summed E-state index contributed by atoms with van der Waals surface area (Å²) < 4.78 is 0. The zero-order valence-electron chi connectivity index (χ0n) is 7.70. The Kier molecular flexibility index (Phi) is 4.16. The third kappa shape index (κ3) is 2.59. The predicted molar refractivity (Wildman–Crippen MR) is 62.3 cm³/mol. The van der Waals surface area contributed by atoms with E-state index in [1.807, 2.05) is 0 Å². The molecular weight excluding hydrogens is 264 g/mol. The van der Waals surface area contributed by atoms with Gasteiger partial charge in [-0.25, -0.2) is 0 Å². The van der Waals surface area contributed by atoms with Crippen LogP contribution in [0.1, 0.15) is 22.8 Å². The van der Waals surface area contributed by atoms with Crippen molar-refractivity contribution in [2.24, 2.45) is 0 Å². The van der Waals surface area contributed by atoms with Crippen LogP contribution < -0.4 is 0 Å². The minimum atomic E-state index is -0.237. The first-order chi connectivity index (χ1) is 6.56. The first kappa shape index (κ1) is 11.8. The molecule has 0 saturated carbocycles. The second-order valence-electron chi connectivity index (χ2n) is 2.98. The number of aliphatic hydroxyl groups excluding tert-OH is 1. The summed E-state index contributed by atoms with van der Waals surface area (Å²) in [5.74, 6) is -0.0256. The van der Waals surface area contributed by atoms with Gasteiger partial charge in [0.2, 0.25) is 0 Å². The largest absolute Gasteiger partial charge is 0.392 e. The molecule has 0 amide bonds. The van der Waals surface area contributed by atoms with Gasteiger partial charge in [-0.05, 0) is 30.7 Å². The van der Waals surface area contributed by atoms with Gasteiger partial charge in [-0.1, -0.05) is 15.9 Å². The highest BCUT2D eigenvalue weighted by atomic mass is 79.9. The van der Waals surface area contributed by atoms with Crippen LogP contribution in [0, 0.1) is 0 Å². The predicted octanol–water partition coefficient (Wildman–Crippen LogP) is 2.43. The molecular formula is C10H11BrO2S. The smallest absolute Gasteiger partial charge is 0.176 e. The van der Waals surface area contributed by atoms with Crippen LogP contribution in [0.4, 0.5) is 0 Å². The highest BCUT2D eigenvalue weighted by molar-refractivity contribution is 9.10. The number of benzene rings is 1. The minimum Gasteiger partial charge on any atom is -0.392 e. The van der Waals surface area contributed by atoms with Crippen LogP contribution in [0.5, 0.6) is 0 Å². The molecule has 0 aliphatic heterocycles. The molecule has 0 saturated heterocycles. The summed E-state index contributed by atoms with van der Waals surface area (Å²) >= 11 is 7.35. The van der Waals surface area contributed by atoms with Gasteiger partial charge in [0.25, 0.3) is 0 Å². The maximum Gasteiger partial charge on any atom is 0.176 e. The number of hydrogen-bond acceptors (Lipinski definition) is 3. The van der Waals surface area contributed by atoms with E-state index in [2.05, 4.69) is 28.6 Å². The Morgan fingerprint density at radius 3 is 2.79 bits per heavy atom. The summed E-state index contributed by atoms with van der Waals surface area (Å²) in [6, 6.07) is 5.13. The third-order valence-electron chi connectivity index (χ3n) is 1.89. The van der Waals surface area contributed by atoms with Gasteiger partial charge in [0, 0.05) is 10.5 Å². The van der Waals surface area contributed by atoms with Crippen LogP contribution in [0.3, 0.4) is 0 Å². The number of halogens is 1. The SMILES string of the molecule is CC(Br)C(=O)c1ccc(S)cc1CO. The van der Waals surface area contributed by atoms with Crippen molar-refractivity contribution in [1.29, 1.82) is 0 Å². The van der Waals surface area contributed by atoms with Gasteiger partial charge >= 0.3 is 0 Å². The molecule has 0 bridgehead atoms. The van der Waals surface area contributed by atoms with E-state index in [0.717, 1.165) is 4.90 Å². The van der Waals surface area contributed by atoms with Crippen molar-refractivity contribution in [3.63, 3.8) is 0 Å². The summed E-state index contributed by atoms with van der Waals surface area (Å²) in [7, 11) is 0. The molecule has 1 aromatic rings. The topological polar surface area (TPSA) is 37.3 Å². The summed E-state index contributed by atoms with van der Waals surface area (Å²) in [6.45, 7) is 1.62. The van der Waals surface area contributed by atoms with Gasteiger partial charge in [0.1, 0.15) is 0 Å². The Bertz CT molecular complexity index is 350. The second-order valence-corrected chi connectivity index (χ2v) is 4.87. The number of alkyl halides is 1. The molecule has 0 aliphatic rings. The van der Waals surface area contributed by atoms with Crippen molar-refractivity contribution in [3.8, 4) is 0 Å². The molecule has 76 valence electrons. The number of carbonyl (C=O) groups excluding carboxylic acids is 1. The van der Waals surface area contributed by atoms with Crippen LogP contribution >= 0.6 is 28.6 Å². The number of thiol groups is 1. The molecule has 0 radical (unpaired) electrons. The average molecular weight is 275 g/mol. The van der Waals surface area contributed by atoms with E-state index < -0.39 is 0 Å². The van der Waals surface area contributed by atoms with E-state index in [-0.39, 0.29) is 17.2 Å². The van der Waals surface area contributed by atoms with Crippen molar-refractivity contribution in [3.05, 3.63) is 29.3 Å². The van der Waals surface area contributed by atoms with E-state index in [1.54, 1.807) is 25.1 Å². The molecule has 14 heavy (non-hydrogen) atoms. The molecule has 0 spiro atoms. The number of hydrogen-bond donors (Lipinski definition) is 2. The highest BCUT2D eigenvalue weighted by Crippen LogP contribution is 2.18. The molecule has 1 rings (SSSR count). The lowest BCUT2D eigenvalue weighted by Gasteiger charge is -2.08. The fourth-order valence-corrected chi connectivity index (χ4v) is 1.64.